The smallest absolute Gasteiger partial charge is 0.407 e. The highest BCUT2D eigenvalue weighted by Gasteiger charge is 2.61. The third-order valence-corrected chi connectivity index (χ3v) is 2.36. The highest BCUT2D eigenvalue weighted by atomic mass is 16.5. The molecule has 0 heterocycles. The van der Waals surface area contributed by atoms with Crippen LogP contribution in [-0.4, -0.2) is 31.8 Å². The molecule has 0 aromatic heterocycles. The fourth-order valence-corrected chi connectivity index (χ4v) is 1.42. The molecule has 1 N–H and O–H groups in total. The molecule has 1 aliphatic rings. The topological polar surface area (TPSA) is 64.6 Å². The van der Waals surface area contributed by atoms with E-state index in [1.165, 1.54) is 14.2 Å². The maximum absolute atomic E-state index is 11.4. The number of amides is 1. The van der Waals surface area contributed by atoms with E-state index in [-0.39, 0.29) is 5.92 Å². The predicted octanol–water partition coefficient (Wildman–Crippen LogP) is 0.460. The van der Waals surface area contributed by atoms with Crippen molar-refractivity contribution in [1.29, 1.82) is 0 Å². The SMILES string of the molecule is C=CC1C[C@@]1(NC(=O)OC)C(=O)OC. The summed E-state index contributed by atoms with van der Waals surface area (Å²) in [4.78, 5) is 22.4. The van der Waals surface area contributed by atoms with Crippen LogP contribution in [0.25, 0.3) is 0 Å². The first kappa shape index (κ1) is 10.6. The van der Waals surface area contributed by atoms with E-state index in [2.05, 4.69) is 21.4 Å². The Labute approximate surface area is 82.1 Å². The standard InChI is InChI=1S/C9H13NO4/c1-4-6-5-9(6,7(11)13-2)10-8(12)14-3/h4,6H,1,5H2,2-3H3,(H,10,12)/t6?,9-/m0/s1. The molecular formula is C9H13NO4. The van der Waals surface area contributed by atoms with Gasteiger partial charge in [-0.1, -0.05) is 6.08 Å². The molecule has 0 aromatic rings. The number of carbonyl (C=O) groups is 2. The quantitative estimate of drug-likeness (QED) is 0.529. The van der Waals surface area contributed by atoms with Gasteiger partial charge < -0.3 is 14.8 Å². The number of hydrogen-bond acceptors (Lipinski definition) is 4. The van der Waals surface area contributed by atoms with Crippen LogP contribution >= 0.6 is 0 Å². The summed E-state index contributed by atoms with van der Waals surface area (Å²) in [7, 11) is 2.52. The lowest BCUT2D eigenvalue weighted by Gasteiger charge is -2.14. The second-order valence-corrected chi connectivity index (χ2v) is 3.13. The predicted molar refractivity (Wildman–Crippen MR) is 48.6 cm³/mol. The van der Waals surface area contributed by atoms with Crippen molar-refractivity contribution in [2.45, 2.75) is 12.0 Å². The Morgan fingerprint density at radius 3 is 2.50 bits per heavy atom. The van der Waals surface area contributed by atoms with Gasteiger partial charge in [0.2, 0.25) is 0 Å². The molecule has 0 aromatic carbocycles. The van der Waals surface area contributed by atoms with Gasteiger partial charge in [0.05, 0.1) is 14.2 Å². The molecule has 78 valence electrons. The third kappa shape index (κ3) is 1.57. The Kier molecular flexibility index (Phi) is 2.78. The molecule has 1 aliphatic carbocycles. The van der Waals surface area contributed by atoms with Crippen molar-refractivity contribution >= 4 is 12.1 Å². The van der Waals surface area contributed by atoms with E-state index >= 15 is 0 Å². The maximum Gasteiger partial charge on any atom is 0.407 e. The largest absolute Gasteiger partial charge is 0.467 e. The molecule has 2 atom stereocenters. The molecule has 0 saturated heterocycles. The van der Waals surface area contributed by atoms with E-state index in [1.807, 2.05) is 0 Å². The fourth-order valence-electron chi connectivity index (χ4n) is 1.42. The van der Waals surface area contributed by atoms with Crippen molar-refractivity contribution < 1.29 is 19.1 Å². The minimum Gasteiger partial charge on any atom is -0.467 e. The molecule has 14 heavy (non-hydrogen) atoms. The molecule has 1 fully saturated rings. The summed E-state index contributed by atoms with van der Waals surface area (Å²) < 4.78 is 9.02. The van der Waals surface area contributed by atoms with Crippen LogP contribution in [0, 0.1) is 5.92 Å². The molecule has 0 spiro atoms. The van der Waals surface area contributed by atoms with Gasteiger partial charge in [-0.3, -0.25) is 0 Å². The van der Waals surface area contributed by atoms with E-state index in [9.17, 15) is 9.59 Å². The van der Waals surface area contributed by atoms with E-state index in [1.54, 1.807) is 6.08 Å². The molecular weight excluding hydrogens is 186 g/mol. The van der Waals surface area contributed by atoms with Gasteiger partial charge in [-0.15, -0.1) is 6.58 Å². The van der Waals surface area contributed by atoms with Crippen molar-refractivity contribution in [3.8, 4) is 0 Å². The van der Waals surface area contributed by atoms with Crippen LogP contribution in [0.4, 0.5) is 4.79 Å². The number of ether oxygens (including phenoxy) is 2. The summed E-state index contributed by atoms with van der Waals surface area (Å²) in [6, 6.07) is 0. The normalized spacial score (nSPS) is 28.9. The summed E-state index contributed by atoms with van der Waals surface area (Å²) in [5, 5.41) is 2.46. The van der Waals surface area contributed by atoms with Crippen LogP contribution in [0.5, 0.6) is 0 Å². The summed E-state index contributed by atoms with van der Waals surface area (Å²) in [5.41, 5.74) is -0.955. The highest BCUT2D eigenvalue weighted by molar-refractivity contribution is 5.90. The monoisotopic (exact) mass is 199 g/mol. The van der Waals surface area contributed by atoms with Crippen molar-refractivity contribution in [2.75, 3.05) is 14.2 Å². The summed E-state index contributed by atoms with van der Waals surface area (Å²) in [6.45, 7) is 3.57. The average Bonchev–Trinajstić information content (AvgIpc) is 2.91. The van der Waals surface area contributed by atoms with Crippen molar-refractivity contribution in [1.82, 2.24) is 5.32 Å². The van der Waals surface area contributed by atoms with E-state index < -0.39 is 17.6 Å². The van der Waals surface area contributed by atoms with Crippen LogP contribution in [0.15, 0.2) is 12.7 Å². The molecule has 0 radical (unpaired) electrons. The van der Waals surface area contributed by atoms with E-state index in [0.29, 0.717) is 6.42 Å². The van der Waals surface area contributed by atoms with Gasteiger partial charge in [0.1, 0.15) is 5.54 Å². The summed E-state index contributed by atoms with van der Waals surface area (Å²) >= 11 is 0. The summed E-state index contributed by atoms with van der Waals surface area (Å²) in [6.07, 6.45) is 1.49. The first-order chi connectivity index (χ1) is 6.60. The zero-order chi connectivity index (χ0) is 10.8. The second kappa shape index (κ2) is 3.69. The molecule has 5 heteroatoms. The zero-order valence-corrected chi connectivity index (χ0v) is 8.20. The lowest BCUT2D eigenvalue weighted by molar-refractivity contribution is -0.144. The Hall–Kier alpha value is -1.52. The van der Waals surface area contributed by atoms with Gasteiger partial charge in [-0.25, -0.2) is 9.59 Å². The van der Waals surface area contributed by atoms with Crippen molar-refractivity contribution in [2.24, 2.45) is 5.92 Å². The second-order valence-electron chi connectivity index (χ2n) is 3.13. The molecule has 1 amide bonds. The van der Waals surface area contributed by atoms with Crippen LogP contribution in [-0.2, 0) is 14.3 Å². The Morgan fingerprint density at radius 1 is 1.50 bits per heavy atom. The molecule has 5 nitrogen and oxygen atoms in total. The Morgan fingerprint density at radius 2 is 2.14 bits per heavy atom. The van der Waals surface area contributed by atoms with Crippen molar-refractivity contribution in [3.63, 3.8) is 0 Å². The van der Waals surface area contributed by atoms with Gasteiger partial charge in [0.25, 0.3) is 0 Å². The van der Waals surface area contributed by atoms with Crippen LogP contribution in [0.1, 0.15) is 6.42 Å². The molecule has 0 aliphatic heterocycles. The number of rotatable bonds is 3. The maximum atomic E-state index is 11.4. The zero-order valence-electron chi connectivity index (χ0n) is 8.20. The molecule has 1 saturated carbocycles. The van der Waals surface area contributed by atoms with Crippen LogP contribution in [0.3, 0.4) is 0 Å². The lowest BCUT2D eigenvalue weighted by Crippen LogP contribution is -2.45. The average molecular weight is 199 g/mol. The molecule has 0 bridgehead atoms. The number of alkyl carbamates (subject to hydrolysis) is 1. The van der Waals surface area contributed by atoms with Gasteiger partial charge >= 0.3 is 12.1 Å². The third-order valence-electron chi connectivity index (χ3n) is 2.36. The van der Waals surface area contributed by atoms with E-state index in [0.717, 1.165) is 0 Å². The number of methoxy groups -OCH3 is 2. The van der Waals surface area contributed by atoms with Gasteiger partial charge in [-0.05, 0) is 6.42 Å². The Balaban J connectivity index is 2.71. The van der Waals surface area contributed by atoms with Crippen LogP contribution < -0.4 is 5.32 Å². The lowest BCUT2D eigenvalue weighted by atomic mass is 10.2. The minimum atomic E-state index is -0.955. The summed E-state index contributed by atoms with van der Waals surface area (Å²) in [5.74, 6) is -0.540. The molecule has 1 rings (SSSR count). The first-order valence-electron chi connectivity index (χ1n) is 4.18. The highest BCUT2D eigenvalue weighted by Crippen LogP contribution is 2.45. The number of hydrogen-bond donors (Lipinski definition) is 1. The molecule has 1 unspecified atom stereocenters. The minimum absolute atomic E-state index is 0.0750. The first-order valence-corrected chi connectivity index (χ1v) is 4.18. The number of carbonyl (C=O) groups excluding carboxylic acids is 2. The van der Waals surface area contributed by atoms with Gasteiger partial charge in [0, 0.05) is 5.92 Å². The fraction of sp³-hybridized carbons (Fsp3) is 0.556. The number of nitrogens with one attached hydrogen (secondary N) is 1. The van der Waals surface area contributed by atoms with Gasteiger partial charge in [0.15, 0.2) is 0 Å². The van der Waals surface area contributed by atoms with Gasteiger partial charge in [-0.2, -0.15) is 0 Å². The van der Waals surface area contributed by atoms with Crippen molar-refractivity contribution in [3.05, 3.63) is 12.7 Å². The van der Waals surface area contributed by atoms with Crippen LogP contribution in [0.2, 0.25) is 0 Å². The number of esters is 1. The Bertz CT molecular complexity index is 276. The van der Waals surface area contributed by atoms with E-state index in [4.69, 9.17) is 0 Å².